The van der Waals surface area contributed by atoms with Crippen molar-refractivity contribution in [2.45, 2.75) is 20.8 Å². The summed E-state index contributed by atoms with van der Waals surface area (Å²) < 4.78 is 0. The van der Waals surface area contributed by atoms with Crippen molar-refractivity contribution in [2.24, 2.45) is 17.6 Å². The van der Waals surface area contributed by atoms with Gasteiger partial charge in [-0.1, -0.05) is 32.6 Å². The predicted octanol–water partition coefficient (Wildman–Crippen LogP) is 2.23. The molecule has 0 aliphatic rings. The summed E-state index contributed by atoms with van der Waals surface area (Å²) in [6.07, 6.45) is 0. The number of benzene rings is 1. The fraction of sp³-hybridized carbons (Fsp3) is 0.400. The van der Waals surface area contributed by atoms with Gasteiger partial charge in [0.15, 0.2) is 0 Å². The molecule has 0 spiro atoms. The van der Waals surface area contributed by atoms with E-state index in [9.17, 15) is 4.79 Å². The molecule has 1 unspecified atom stereocenters. The molecule has 3 heteroatoms. The van der Waals surface area contributed by atoms with Gasteiger partial charge in [-0.2, -0.15) is 0 Å². The molecular formula is C15H20N2O. The van der Waals surface area contributed by atoms with Crippen LogP contribution in [0, 0.1) is 23.7 Å². The molecule has 1 aromatic rings. The summed E-state index contributed by atoms with van der Waals surface area (Å²) in [4.78, 5) is 11.9. The van der Waals surface area contributed by atoms with E-state index in [1.165, 1.54) is 0 Å². The first-order valence-corrected chi connectivity index (χ1v) is 6.14. The van der Waals surface area contributed by atoms with Crippen LogP contribution in [0.5, 0.6) is 0 Å². The van der Waals surface area contributed by atoms with Crippen LogP contribution >= 0.6 is 0 Å². The number of amides is 1. The molecule has 0 saturated carbocycles. The minimum absolute atomic E-state index is 0.00158. The van der Waals surface area contributed by atoms with Gasteiger partial charge in [-0.15, -0.1) is 0 Å². The molecule has 0 aliphatic carbocycles. The van der Waals surface area contributed by atoms with E-state index in [0.29, 0.717) is 12.5 Å². The number of hydrogen-bond donors (Lipinski definition) is 2. The van der Waals surface area contributed by atoms with E-state index in [2.05, 4.69) is 17.2 Å². The van der Waals surface area contributed by atoms with Crippen molar-refractivity contribution in [3.05, 3.63) is 29.8 Å². The van der Waals surface area contributed by atoms with Gasteiger partial charge in [0.2, 0.25) is 5.91 Å². The maximum Gasteiger partial charge on any atom is 0.227 e. The molecule has 0 fully saturated rings. The van der Waals surface area contributed by atoms with Crippen molar-refractivity contribution >= 4 is 11.6 Å². The Morgan fingerprint density at radius 2 is 1.89 bits per heavy atom. The third kappa shape index (κ3) is 4.23. The molecule has 18 heavy (non-hydrogen) atoms. The molecule has 1 rings (SSSR count). The van der Waals surface area contributed by atoms with Gasteiger partial charge in [-0.25, -0.2) is 0 Å². The van der Waals surface area contributed by atoms with E-state index in [4.69, 9.17) is 5.73 Å². The molecular weight excluding hydrogens is 224 g/mol. The first-order chi connectivity index (χ1) is 8.54. The average Bonchev–Trinajstić information content (AvgIpc) is 2.36. The lowest BCUT2D eigenvalue weighted by molar-refractivity contribution is -0.120. The Kier molecular flexibility index (Phi) is 5.41. The van der Waals surface area contributed by atoms with E-state index < -0.39 is 0 Å². The summed E-state index contributed by atoms with van der Waals surface area (Å²) in [6, 6.07) is 7.45. The van der Waals surface area contributed by atoms with Crippen LogP contribution in [0.15, 0.2) is 24.3 Å². The first kappa shape index (κ1) is 14.3. The SMILES string of the molecule is CC(C)C(C)C(=O)Nc1ccc(C#CCN)cc1. The molecule has 0 aliphatic heterocycles. The van der Waals surface area contributed by atoms with Gasteiger partial charge in [0, 0.05) is 17.2 Å². The Bertz CT molecular complexity index is 452. The van der Waals surface area contributed by atoms with Crippen molar-refractivity contribution in [1.82, 2.24) is 0 Å². The normalized spacial score (nSPS) is 11.6. The summed E-state index contributed by atoms with van der Waals surface area (Å²) in [7, 11) is 0. The third-order valence-corrected chi connectivity index (χ3v) is 2.90. The zero-order valence-corrected chi connectivity index (χ0v) is 11.2. The van der Waals surface area contributed by atoms with Gasteiger partial charge >= 0.3 is 0 Å². The lowest BCUT2D eigenvalue weighted by atomic mass is 9.97. The fourth-order valence-electron chi connectivity index (χ4n) is 1.35. The van der Waals surface area contributed by atoms with E-state index in [-0.39, 0.29) is 11.8 Å². The summed E-state index contributed by atoms with van der Waals surface area (Å²) in [5.41, 5.74) is 7.00. The molecule has 3 nitrogen and oxygen atoms in total. The van der Waals surface area contributed by atoms with E-state index in [1.54, 1.807) is 0 Å². The summed E-state index contributed by atoms with van der Waals surface area (Å²) in [5, 5.41) is 2.89. The highest BCUT2D eigenvalue weighted by molar-refractivity contribution is 5.92. The van der Waals surface area contributed by atoms with Crippen LogP contribution in [-0.4, -0.2) is 12.5 Å². The predicted molar refractivity (Wildman–Crippen MR) is 75.0 cm³/mol. The largest absolute Gasteiger partial charge is 0.326 e. The Labute approximate surface area is 109 Å². The van der Waals surface area contributed by atoms with Crippen molar-refractivity contribution < 1.29 is 4.79 Å². The second kappa shape index (κ2) is 6.83. The van der Waals surface area contributed by atoms with Crippen LogP contribution in [0.2, 0.25) is 0 Å². The number of carbonyl (C=O) groups is 1. The zero-order chi connectivity index (χ0) is 13.5. The molecule has 1 amide bonds. The second-order valence-corrected chi connectivity index (χ2v) is 4.61. The lowest BCUT2D eigenvalue weighted by Crippen LogP contribution is -2.24. The molecule has 0 bridgehead atoms. The summed E-state index contributed by atoms with van der Waals surface area (Å²) >= 11 is 0. The van der Waals surface area contributed by atoms with Gasteiger partial charge < -0.3 is 11.1 Å². The number of nitrogens with two attached hydrogens (primary N) is 1. The standard InChI is InChI=1S/C15H20N2O/c1-11(2)12(3)15(18)17-14-8-6-13(7-9-14)5-4-10-16/h6-9,11-12H,10,16H2,1-3H3,(H,17,18). The topological polar surface area (TPSA) is 55.1 Å². The van der Waals surface area contributed by atoms with Crippen LogP contribution in [0.4, 0.5) is 5.69 Å². The van der Waals surface area contributed by atoms with E-state index in [1.807, 2.05) is 45.0 Å². The first-order valence-electron chi connectivity index (χ1n) is 6.14. The van der Waals surface area contributed by atoms with Gasteiger partial charge in [0.05, 0.1) is 6.54 Å². The Hall–Kier alpha value is -1.79. The van der Waals surface area contributed by atoms with Crippen molar-refractivity contribution in [3.8, 4) is 11.8 Å². The van der Waals surface area contributed by atoms with Gasteiger partial charge in [0.1, 0.15) is 0 Å². The van der Waals surface area contributed by atoms with Crippen molar-refractivity contribution in [2.75, 3.05) is 11.9 Å². The summed E-state index contributed by atoms with van der Waals surface area (Å²) in [6.45, 7) is 6.36. The highest BCUT2D eigenvalue weighted by atomic mass is 16.1. The lowest BCUT2D eigenvalue weighted by Gasteiger charge is -2.15. The monoisotopic (exact) mass is 244 g/mol. The van der Waals surface area contributed by atoms with E-state index >= 15 is 0 Å². The van der Waals surface area contributed by atoms with Crippen LogP contribution in [0.25, 0.3) is 0 Å². The number of carbonyl (C=O) groups excluding carboxylic acids is 1. The zero-order valence-electron chi connectivity index (χ0n) is 11.2. The van der Waals surface area contributed by atoms with Gasteiger partial charge in [-0.05, 0) is 30.2 Å². The van der Waals surface area contributed by atoms with Crippen LogP contribution in [0.1, 0.15) is 26.3 Å². The third-order valence-electron chi connectivity index (χ3n) is 2.90. The molecule has 3 N–H and O–H groups in total. The molecule has 96 valence electrons. The molecule has 1 aromatic carbocycles. The highest BCUT2D eigenvalue weighted by Gasteiger charge is 2.16. The van der Waals surface area contributed by atoms with Crippen molar-refractivity contribution in [3.63, 3.8) is 0 Å². The maximum absolute atomic E-state index is 11.9. The van der Waals surface area contributed by atoms with Gasteiger partial charge in [-0.3, -0.25) is 4.79 Å². The number of hydrogen-bond acceptors (Lipinski definition) is 2. The Morgan fingerprint density at radius 3 is 2.39 bits per heavy atom. The number of anilines is 1. The Morgan fingerprint density at radius 1 is 1.28 bits per heavy atom. The van der Waals surface area contributed by atoms with Crippen molar-refractivity contribution in [1.29, 1.82) is 0 Å². The molecule has 1 atom stereocenters. The molecule has 0 heterocycles. The smallest absolute Gasteiger partial charge is 0.227 e. The minimum atomic E-state index is 0.00158. The van der Waals surface area contributed by atoms with Crippen LogP contribution in [-0.2, 0) is 4.79 Å². The minimum Gasteiger partial charge on any atom is -0.326 e. The second-order valence-electron chi connectivity index (χ2n) is 4.61. The maximum atomic E-state index is 11.9. The quantitative estimate of drug-likeness (QED) is 0.801. The highest BCUT2D eigenvalue weighted by Crippen LogP contribution is 2.14. The van der Waals surface area contributed by atoms with Crippen LogP contribution < -0.4 is 11.1 Å². The molecule has 0 radical (unpaired) electrons. The number of rotatable bonds is 3. The molecule has 0 aromatic heterocycles. The van der Waals surface area contributed by atoms with E-state index in [0.717, 1.165) is 11.3 Å². The van der Waals surface area contributed by atoms with Crippen LogP contribution in [0.3, 0.4) is 0 Å². The van der Waals surface area contributed by atoms with Gasteiger partial charge in [0.25, 0.3) is 0 Å². The summed E-state index contributed by atoms with van der Waals surface area (Å²) in [5.74, 6) is 6.11. The Balaban J connectivity index is 2.66. The average molecular weight is 244 g/mol. The fourth-order valence-corrected chi connectivity index (χ4v) is 1.35. The number of nitrogens with one attached hydrogen (secondary N) is 1. The molecule has 0 saturated heterocycles.